The van der Waals surface area contributed by atoms with Gasteiger partial charge in [0.25, 0.3) is 0 Å². The van der Waals surface area contributed by atoms with E-state index in [0.29, 0.717) is 25.6 Å². The molecule has 25 heavy (non-hydrogen) atoms. The first-order valence-corrected chi connectivity index (χ1v) is 10.3. The lowest BCUT2D eigenvalue weighted by Crippen LogP contribution is -2.57. The lowest BCUT2D eigenvalue weighted by Gasteiger charge is -2.39. The predicted molar refractivity (Wildman–Crippen MR) is 98.1 cm³/mol. The van der Waals surface area contributed by atoms with Crippen LogP contribution in [0.4, 0.5) is 4.39 Å². The van der Waals surface area contributed by atoms with Gasteiger partial charge in [0.2, 0.25) is 0 Å². The average Bonchev–Trinajstić information content (AvgIpc) is 3.32. The van der Waals surface area contributed by atoms with Gasteiger partial charge in [0.15, 0.2) is 15.8 Å². The minimum Gasteiger partial charge on any atom is -0.355 e. The Balaban J connectivity index is 1.69. The van der Waals surface area contributed by atoms with E-state index in [9.17, 15) is 12.8 Å². The number of aliphatic imine (C=N–C) groups is 1. The molecule has 0 unspecified atom stereocenters. The van der Waals surface area contributed by atoms with Gasteiger partial charge in [-0.1, -0.05) is 18.2 Å². The molecular weight excluding hydrogens is 341 g/mol. The molecule has 1 aromatic rings. The first kappa shape index (κ1) is 18.2. The quantitative estimate of drug-likeness (QED) is 0.655. The molecule has 1 N–H and O–H groups in total. The van der Waals surface area contributed by atoms with E-state index in [4.69, 9.17) is 0 Å². The molecule has 0 atom stereocenters. The standard InChI is InChI=1S/C18H26FN3O2S/c1-17(2)13-22(10-11-25(17,23)24)16(20-3)21-12-18(8-9-18)14-6-4-5-7-15(14)19/h4-7H,8-13H2,1-3H3,(H,20,21). The number of guanidine groups is 1. The van der Waals surface area contributed by atoms with Crippen LogP contribution in [0.5, 0.6) is 0 Å². The number of sulfone groups is 1. The summed E-state index contributed by atoms with van der Waals surface area (Å²) < 4.78 is 37.7. The van der Waals surface area contributed by atoms with Crippen molar-refractivity contribution in [3.63, 3.8) is 0 Å². The number of benzene rings is 1. The van der Waals surface area contributed by atoms with Gasteiger partial charge in [0.1, 0.15) is 5.82 Å². The molecule has 138 valence electrons. The lowest BCUT2D eigenvalue weighted by atomic mass is 9.95. The first-order valence-electron chi connectivity index (χ1n) is 8.64. The highest BCUT2D eigenvalue weighted by Gasteiger charge is 2.46. The van der Waals surface area contributed by atoms with Crippen LogP contribution in [0.25, 0.3) is 0 Å². The molecule has 1 aliphatic carbocycles. The third-order valence-corrected chi connectivity index (χ3v) is 7.97. The van der Waals surface area contributed by atoms with E-state index in [1.165, 1.54) is 6.07 Å². The molecule has 0 amide bonds. The van der Waals surface area contributed by atoms with Gasteiger partial charge in [-0.05, 0) is 38.3 Å². The second-order valence-electron chi connectivity index (χ2n) is 7.66. The van der Waals surface area contributed by atoms with Gasteiger partial charge in [-0.3, -0.25) is 4.99 Å². The Labute approximate surface area is 149 Å². The van der Waals surface area contributed by atoms with Crippen molar-refractivity contribution in [2.45, 2.75) is 36.9 Å². The number of hydrogen-bond acceptors (Lipinski definition) is 3. The zero-order chi connectivity index (χ0) is 18.3. The van der Waals surface area contributed by atoms with Crippen LogP contribution in [-0.2, 0) is 15.3 Å². The van der Waals surface area contributed by atoms with Crippen molar-refractivity contribution in [3.05, 3.63) is 35.6 Å². The zero-order valence-corrected chi connectivity index (χ0v) is 15.9. The van der Waals surface area contributed by atoms with Crippen molar-refractivity contribution < 1.29 is 12.8 Å². The van der Waals surface area contributed by atoms with Gasteiger partial charge in [0, 0.05) is 32.1 Å². The molecule has 2 fully saturated rings. The van der Waals surface area contributed by atoms with E-state index in [1.54, 1.807) is 27.0 Å². The highest BCUT2D eigenvalue weighted by molar-refractivity contribution is 7.92. The molecule has 1 aliphatic heterocycles. The second-order valence-corrected chi connectivity index (χ2v) is 10.4. The number of rotatable bonds is 3. The molecular formula is C18H26FN3O2S. The fourth-order valence-electron chi connectivity index (χ4n) is 3.49. The van der Waals surface area contributed by atoms with Crippen LogP contribution in [0.15, 0.2) is 29.3 Å². The van der Waals surface area contributed by atoms with Gasteiger partial charge in [-0.25, -0.2) is 12.8 Å². The third-order valence-electron chi connectivity index (χ3n) is 5.44. The predicted octanol–water partition coefficient (Wildman–Crippen LogP) is 1.94. The highest BCUT2D eigenvalue weighted by Crippen LogP contribution is 2.48. The molecule has 7 heteroatoms. The van der Waals surface area contributed by atoms with E-state index in [2.05, 4.69) is 10.3 Å². The summed E-state index contributed by atoms with van der Waals surface area (Å²) >= 11 is 0. The SMILES string of the molecule is CN=C(NCC1(c2ccccc2F)CC1)N1CCS(=O)(=O)C(C)(C)C1. The topological polar surface area (TPSA) is 61.8 Å². The van der Waals surface area contributed by atoms with Crippen molar-refractivity contribution in [2.75, 3.05) is 32.4 Å². The largest absolute Gasteiger partial charge is 0.355 e. The van der Waals surface area contributed by atoms with E-state index in [1.807, 2.05) is 17.0 Å². The summed E-state index contributed by atoms with van der Waals surface area (Å²) in [5.41, 5.74) is 0.568. The zero-order valence-electron chi connectivity index (χ0n) is 15.0. The minimum atomic E-state index is -3.09. The maximum Gasteiger partial charge on any atom is 0.193 e. The Kier molecular flexibility index (Phi) is 4.56. The number of nitrogens with one attached hydrogen (secondary N) is 1. The number of hydrogen-bond donors (Lipinski definition) is 1. The average molecular weight is 367 g/mol. The second kappa shape index (κ2) is 6.27. The van der Waals surface area contributed by atoms with Crippen LogP contribution in [0.1, 0.15) is 32.3 Å². The first-order chi connectivity index (χ1) is 11.7. The van der Waals surface area contributed by atoms with E-state index >= 15 is 0 Å². The monoisotopic (exact) mass is 367 g/mol. The smallest absolute Gasteiger partial charge is 0.193 e. The van der Waals surface area contributed by atoms with Crippen LogP contribution in [0.2, 0.25) is 0 Å². The van der Waals surface area contributed by atoms with Crippen molar-refractivity contribution in [3.8, 4) is 0 Å². The van der Waals surface area contributed by atoms with Crippen LogP contribution in [0, 0.1) is 5.82 Å². The summed E-state index contributed by atoms with van der Waals surface area (Å²) in [5, 5.41) is 3.35. The number of halogens is 1. The van der Waals surface area contributed by atoms with Crippen LogP contribution >= 0.6 is 0 Å². The molecule has 1 saturated carbocycles. The van der Waals surface area contributed by atoms with Crippen molar-refractivity contribution in [2.24, 2.45) is 4.99 Å². The molecule has 3 rings (SSSR count). The summed E-state index contributed by atoms with van der Waals surface area (Å²) in [5.74, 6) is 0.645. The summed E-state index contributed by atoms with van der Waals surface area (Å²) in [7, 11) is -1.39. The van der Waals surface area contributed by atoms with E-state index in [0.717, 1.165) is 18.4 Å². The summed E-state index contributed by atoms with van der Waals surface area (Å²) in [6, 6.07) is 6.93. The molecule has 0 spiro atoms. The Morgan fingerprint density at radius 3 is 2.56 bits per heavy atom. The maximum absolute atomic E-state index is 14.1. The summed E-state index contributed by atoms with van der Waals surface area (Å²) in [4.78, 5) is 6.30. The van der Waals surface area contributed by atoms with Gasteiger partial charge >= 0.3 is 0 Å². The van der Waals surface area contributed by atoms with E-state index in [-0.39, 0.29) is 17.0 Å². The molecule has 0 radical (unpaired) electrons. The molecule has 2 aliphatic rings. The van der Waals surface area contributed by atoms with Gasteiger partial charge in [0.05, 0.1) is 10.5 Å². The van der Waals surface area contributed by atoms with Crippen LogP contribution in [-0.4, -0.2) is 56.5 Å². The van der Waals surface area contributed by atoms with Crippen LogP contribution in [0.3, 0.4) is 0 Å². The Morgan fingerprint density at radius 2 is 2.00 bits per heavy atom. The van der Waals surface area contributed by atoms with Gasteiger partial charge < -0.3 is 10.2 Å². The number of nitrogens with zero attached hydrogens (tertiary/aromatic N) is 2. The molecule has 1 saturated heterocycles. The molecule has 0 aromatic heterocycles. The van der Waals surface area contributed by atoms with Crippen molar-refractivity contribution >= 4 is 15.8 Å². The Morgan fingerprint density at radius 1 is 1.32 bits per heavy atom. The molecule has 0 bridgehead atoms. The normalized spacial score (nSPS) is 24.0. The highest BCUT2D eigenvalue weighted by atomic mass is 32.2. The minimum absolute atomic E-state index is 0.124. The Hall–Kier alpha value is -1.63. The fourth-order valence-corrected chi connectivity index (χ4v) is 4.85. The van der Waals surface area contributed by atoms with Crippen molar-refractivity contribution in [1.29, 1.82) is 0 Å². The van der Waals surface area contributed by atoms with Gasteiger partial charge in [-0.2, -0.15) is 0 Å². The summed E-state index contributed by atoms with van der Waals surface area (Å²) in [6.07, 6.45) is 1.88. The summed E-state index contributed by atoms with van der Waals surface area (Å²) in [6.45, 7) is 4.94. The van der Waals surface area contributed by atoms with Crippen LogP contribution < -0.4 is 5.32 Å². The maximum atomic E-state index is 14.1. The fraction of sp³-hybridized carbons (Fsp3) is 0.611. The lowest BCUT2D eigenvalue weighted by molar-refractivity contribution is 0.351. The Bertz CT molecular complexity index is 785. The van der Waals surface area contributed by atoms with E-state index < -0.39 is 14.6 Å². The molecule has 1 aromatic carbocycles. The van der Waals surface area contributed by atoms with Crippen molar-refractivity contribution in [1.82, 2.24) is 10.2 Å². The molecule has 1 heterocycles. The van der Waals surface area contributed by atoms with Gasteiger partial charge in [-0.15, -0.1) is 0 Å². The molecule has 5 nitrogen and oxygen atoms in total. The third kappa shape index (κ3) is 3.38.